The summed E-state index contributed by atoms with van der Waals surface area (Å²) in [6.07, 6.45) is 2.93. The second-order valence-corrected chi connectivity index (χ2v) is 6.02. The van der Waals surface area contributed by atoms with Crippen LogP contribution >= 0.6 is 0 Å². The molecular formula is C19H18N2O. The monoisotopic (exact) mass is 290 g/mol. The summed E-state index contributed by atoms with van der Waals surface area (Å²) in [4.78, 5) is 15.1. The highest BCUT2D eigenvalue weighted by molar-refractivity contribution is 6.14. The summed E-state index contributed by atoms with van der Waals surface area (Å²) in [7, 11) is 2.00. The van der Waals surface area contributed by atoms with Gasteiger partial charge in [0.1, 0.15) is 0 Å². The lowest BCUT2D eigenvalue weighted by Crippen LogP contribution is -2.35. The van der Waals surface area contributed by atoms with Gasteiger partial charge in [-0.15, -0.1) is 0 Å². The van der Waals surface area contributed by atoms with Gasteiger partial charge in [0.05, 0.1) is 0 Å². The molecule has 0 saturated carbocycles. The Bertz CT molecular complexity index is 878. The zero-order valence-electron chi connectivity index (χ0n) is 12.8. The van der Waals surface area contributed by atoms with Crippen molar-refractivity contribution in [1.82, 2.24) is 4.57 Å². The first kappa shape index (κ1) is 13.1. The van der Waals surface area contributed by atoms with E-state index in [1.54, 1.807) is 0 Å². The Kier molecular flexibility index (Phi) is 2.83. The Balaban J connectivity index is 1.84. The molecule has 2 heterocycles. The molecule has 0 aliphatic carbocycles. The van der Waals surface area contributed by atoms with Gasteiger partial charge in [0, 0.05) is 41.4 Å². The van der Waals surface area contributed by atoms with Crippen LogP contribution in [0.2, 0.25) is 0 Å². The first-order chi connectivity index (χ1) is 10.7. The molecule has 110 valence electrons. The van der Waals surface area contributed by atoms with E-state index in [2.05, 4.69) is 13.0 Å². The second-order valence-electron chi connectivity index (χ2n) is 6.02. The van der Waals surface area contributed by atoms with E-state index < -0.39 is 0 Å². The number of fused-ring (bicyclic) bond motifs is 2. The predicted octanol–water partition coefficient (Wildman–Crippen LogP) is 3.77. The third-order valence-corrected chi connectivity index (χ3v) is 4.58. The predicted molar refractivity (Wildman–Crippen MR) is 89.3 cm³/mol. The SMILES string of the molecule is CC1Cc2ccccc2N1C(=O)c1cccc2c1ccn2C. The Morgan fingerprint density at radius 3 is 2.77 bits per heavy atom. The van der Waals surface area contributed by atoms with Gasteiger partial charge in [-0.1, -0.05) is 24.3 Å². The van der Waals surface area contributed by atoms with Gasteiger partial charge in [0.15, 0.2) is 0 Å². The average molecular weight is 290 g/mol. The third-order valence-electron chi connectivity index (χ3n) is 4.58. The standard InChI is InChI=1S/C19H18N2O/c1-13-12-14-6-3-4-8-17(14)21(13)19(22)16-7-5-9-18-15(16)10-11-20(18)2/h3-11,13H,12H2,1-2H3. The average Bonchev–Trinajstić information content (AvgIpc) is 3.06. The highest BCUT2D eigenvalue weighted by Crippen LogP contribution is 2.34. The molecule has 1 atom stereocenters. The number of carbonyl (C=O) groups excluding carboxylic acids is 1. The molecule has 0 radical (unpaired) electrons. The smallest absolute Gasteiger partial charge is 0.259 e. The Hall–Kier alpha value is -2.55. The molecule has 0 bridgehead atoms. The number of hydrogen-bond acceptors (Lipinski definition) is 1. The molecule has 1 amide bonds. The van der Waals surface area contributed by atoms with E-state index in [4.69, 9.17) is 0 Å². The van der Waals surface area contributed by atoms with Crippen molar-refractivity contribution in [2.45, 2.75) is 19.4 Å². The molecule has 0 fully saturated rings. The van der Waals surface area contributed by atoms with Gasteiger partial charge in [-0.3, -0.25) is 4.79 Å². The zero-order valence-corrected chi connectivity index (χ0v) is 12.8. The molecular weight excluding hydrogens is 272 g/mol. The highest BCUT2D eigenvalue weighted by atomic mass is 16.2. The van der Waals surface area contributed by atoms with Gasteiger partial charge < -0.3 is 9.47 Å². The van der Waals surface area contributed by atoms with E-state index in [9.17, 15) is 4.79 Å². The molecule has 1 aromatic heterocycles. The highest BCUT2D eigenvalue weighted by Gasteiger charge is 2.31. The largest absolute Gasteiger partial charge is 0.351 e. The first-order valence-electron chi connectivity index (χ1n) is 7.62. The van der Waals surface area contributed by atoms with Crippen molar-refractivity contribution in [1.29, 1.82) is 0 Å². The summed E-state index contributed by atoms with van der Waals surface area (Å²) in [5, 5.41) is 1.02. The van der Waals surface area contributed by atoms with Crippen molar-refractivity contribution in [3.05, 3.63) is 65.9 Å². The van der Waals surface area contributed by atoms with Gasteiger partial charge >= 0.3 is 0 Å². The van der Waals surface area contributed by atoms with Crippen LogP contribution in [0.15, 0.2) is 54.7 Å². The summed E-state index contributed by atoms with van der Waals surface area (Å²) < 4.78 is 2.05. The number of aromatic nitrogens is 1. The van der Waals surface area contributed by atoms with E-state index in [1.807, 2.05) is 65.2 Å². The van der Waals surface area contributed by atoms with Gasteiger partial charge in [-0.2, -0.15) is 0 Å². The summed E-state index contributed by atoms with van der Waals surface area (Å²) in [5.41, 5.74) is 4.17. The van der Waals surface area contributed by atoms with E-state index >= 15 is 0 Å². The quantitative estimate of drug-likeness (QED) is 0.669. The minimum atomic E-state index is 0.0919. The number of anilines is 1. The van der Waals surface area contributed by atoms with Gasteiger partial charge in [-0.05, 0) is 43.2 Å². The Labute approximate surface area is 129 Å². The number of amides is 1. The van der Waals surface area contributed by atoms with Crippen molar-refractivity contribution in [2.24, 2.45) is 7.05 Å². The molecule has 4 rings (SSSR count). The van der Waals surface area contributed by atoms with Crippen LogP contribution in [-0.2, 0) is 13.5 Å². The number of benzene rings is 2. The normalized spacial score (nSPS) is 17.0. The lowest BCUT2D eigenvalue weighted by atomic mass is 10.1. The fraction of sp³-hybridized carbons (Fsp3) is 0.211. The topological polar surface area (TPSA) is 25.2 Å². The van der Waals surface area contributed by atoms with Gasteiger partial charge in [-0.25, -0.2) is 0 Å². The van der Waals surface area contributed by atoms with Crippen LogP contribution in [0.1, 0.15) is 22.8 Å². The number of aryl methyl sites for hydroxylation is 1. The Morgan fingerprint density at radius 1 is 1.09 bits per heavy atom. The van der Waals surface area contributed by atoms with Gasteiger partial charge in [0.2, 0.25) is 0 Å². The number of nitrogens with zero attached hydrogens (tertiary/aromatic N) is 2. The van der Waals surface area contributed by atoms with E-state index in [0.717, 1.165) is 28.6 Å². The molecule has 3 heteroatoms. The molecule has 22 heavy (non-hydrogen) atoms. The van der Waals surface area contributed by atoms with Crippen LogP contribution < -0.4 is 4.90 Å². The molecule has 2 aromatic carbocycles. The van der Waals surface area contributed by atoms with Gasteiger partial charge in [0.25, 0.3) is 5.91 Å². The fourth-order valence-electron chi connectivity index (χ4n) is 3.49. The maximum absolute atomic E-state index is 13.2. The van der Waals surface area contributed by atoms with Crippen LogP contribution in [-0.4, -0.2) is 16.5 Å². The van der Waals surface area contributed by atoms with Crippen LogP contribution in [0.4, 0.5) is 5.69 Å². The maximum atomic E-state index is 13.2. The second kappa shape index (κ2) is 4.73. The molecule has 0 spiro atoms. The maximum Gasteiger partial charge on any atom is 0.259 e. The Morgan fingerprint density at radius 2 is 1.91 bits per heavy atom. The summed E-state index contributed by atoms with van der Waals surface area (Å²) in [6, 6.07) is 16.4. The van der Waals surface area contributed by atoms with E-state index in [1.165, 1.54) is 5.56 Å². The minimum absolute atomic E-state index is 0.0919. The minimum Gasteiger partial charge on any atom is -0.351 e. The van der Waals surface area contributed by atoms with Crippen molar-refractivity contribution in [2.75, 3.05) is 4.90 Å². The number of carbonyl (C=O) groups is 1. The number of rotatable bonds is 1. The summed E-state index contributed by atoms with van der Waals surface area (Å²) in [5.74, 6) is 0.0919. The lowest BCUT2D eigenvalue weighted by molar-refractivity contribution is 0.0983. The molecule has 1 unspecified atom stereocenters. The molecule has 1 aliphatic rings. The third kappa shape index (κ3) is 1.78. The number of hydrogen-bond donors (Lipinski definition) is 0. The number of para-hydroxylation sites is 1. The van der Waals surface area contributed by atoms with E-state index in [-0.39, 0.29) is 11.9 Å². The van der Waals surface area contributed by atoms with Crippen LogP contribution in [0.5, 0.6) is 0 Å². The van der Waals surface area contributed by atoms with Crippen LogP contribution in [0.3, 0.4) is 0 Å². The molecule has 0 saturated heterocycles. The summed E-state index contributed by atoms with van der Waals surface area (Å²) in [6.45, 7) is 2.11. The molecule has 3 nitrogen and oxygen atoms in total. The first-order valence-corrected chi connectivity index (χ1v) is 7.62. The molecule has 0 N–H and O–H groups in total. The van der Waals surface area contributed by atoms with Crippen molar-refractivity contribution < 1.29 is 4.79 Å². The van der Waals surface area contributed by atoms with Crippen LogP contribution in [0, 0.1) is 0 Å². The van der Waals surface area contributed by atoms with Crippen molar-refractivity contribution in [3.63, 3.8) is 0 Å². The van der Waals surface area contributed by atoms with Crippen molar-refractivity contribution >= 4 is 22.5 Å². The zero-order chi connectivity index (χ0) is 15.3. The van der Waals surface area contributed by atoms with E-state index in [0.29, 0.717) is 0 Å². The molecule has 1 aliphatic heterocycles. The molecule has 3 aromatic rings. The fourth-order valence-corrected chi connectivity index (χ4v) is 3.49. The lowest BCUT2D eigenvalue weighted by Gasteiger charge is -2.23. The van der Waals surface area contributed by atoms with Crippen LogP contribution in [0.25, 0.3) is 10.9 Å². The summed E-state index contributed by atoms with van der Waals surface area (Å²) >= 11 is 0. The van der Waals surface area contributed by atoms with Crippen molar-refractivity contribution in [3.8, 4) is 0 Å².